The van der Waals surface area contributed by atoms with Gasteiger partial charge in [-0.15, -0.1) is 0 Å². The molecule has 196 valence electrons. The number of hydrogen-bond acceptors (Lipinski definition) is 5. The summed E-state index contributed by atoms with van der Waals surface area (Å²) in [5.74, 6) is -0.165. The fraction of sp³-hybridized carbons (Fsp3) is 0.481. The maximum Gasteiger partial charge on any atom is 0.244 e. The van der Waals surface area contributed by atoms with Gasteiger partial charge in [0.2, 0.25) is 21.8 Å². The number of ether oxygens (including phenoxy) is 1. The van der Waals surface area contributed by atoms with Gasteiger partial charge >= 0.3 is 0 Å². The van der Waals surface area contributed by atoms with Gasteiger partial charge in [0.15, 0.2) is 0 Å². The van der Waals surface area contributed by atoms with Gasteiger partial charge in [0, 0.05) is 18.7 Å². The van der Waals surface area contributed by atoms with Gasteiger partial charge in [-0.1, -0.05) is 55.7 Å². The number of aryl methyl sites for hydroxylation is 1. The van der Waals surface area contributed by atoms with Crippen molar-refractivity contribution in [2.45, 2.75) is 64.6 Å². The van der Waals surface area contributed by atoms with E-state index in [1.54, 1.807) is 24.3 Å². The second kappa shape index (κ2) is 12.3. The molecule has 1 N–H and O–H groups in total. The Morgan fingerprint density at radius 2 is 1.78 bits per heavy atom. The fourth-order valence-electron chi connectivity index (χ4n) is 4.56. The number of carbonyl (C=O) groups excluding carboxylic acids is 2. The molecule has 2 aromatic rings. The summed E-state index contributed by atoms with van der Waals surface area (Å²) in [6.45, 7) is 3.62. The minimum absolute atomic E-state index is 0.118. The van der Waals surface area contributed by atoms with Crippen LogP contribution >= 0.6 is 0 Å². The quantitative estimate of drug-likeness (QED) is 0.493. The highest BCUT2D eigenvalue weighted by atomic mass is 32.2. The molecule has 1 aliphatic carbocycles. The van der Waals surface area contributed by atoms with Crippen LogP contribution < -0.4 is 14.4 Å². The summed E-state index contributed by atoms with van der Waals surface area (Å²) in [6.07, 6.45) is 5.51. The normalized spacial score (nSPS) is 14.8. The van der Waals surface area contributed by atoms with Crippen molar-refractivity contribution in [1.29, 1.82) is 0 Å². The summed E-state index contributed by atoms with van der Waals surface area (Å²) in [4.78, 5) is 28.6. The topological polar surface area (TPSA) is 96.0 Å². The van der Waals surface area contributed by atoms with E-state index in [-0.39, 0.29) is 18.5 Å². The van der Waals surface area contributed by atoms with Gasteiger partial charge in [-0.25, -0.2) is 8.42 Å². The molecule has 0 radical (unpaired) electrons. The van der Waals surface area contributed by atoms with E-state index in [0.29, 0.717) is 17.9 Å². The first-order valence-corrected chi connectivity index (χ1v) is 14.2. The second-order valence-electron chi connectivity index (χ2n) is 9.39. The molecule has 9 heteroatoms. The number of anilines is 1. The number of rotatable bonds is 11. The van der Waals surface area contributed by atoms with Gasteiger partial charge in [-0.05, 0) is 43.9 Å². The smallest absolute Gasteiger partial charge is 0.244 e. The molecule has 2 aromatic carbocycles. The zero-order chi connectivity index (χ0) is 26.3. The number of hydrogen-bond donors (Lipinski definition) is 1. The van der Waals surface area contributed by atoms with E-state index in [1.807, 2.05) is 38.1 Å². The lowest BCUT2D eigenvalue weighted by atomic mass is 10.1. The highest BCUT2D eigenvalue weighted by Gasteiger charge is 2.33. The molecule has 0 aliphatic heterocycles. The molecule has 1 saturated carbocycles. The van der Waals surface area contributed by atoms with Crippen molar-refractivity contribution < 1.29 is 22.7 Å². The van der Waals surface area contributed by atoms with Crippen molar-refractivity contribution in [3.8, 4) is 5.75 Å². The Morgan fingerprint density at radius 1 is 1.11 bits per heavy atom. The van der Waals surface area contributed by atoms with Crippen LogP contribution in [0.1, 0.15) is 50.2 Å². The highest BCUT2D eigenvalue weighted by Crippen LogP contribution is 2.24. The average Bonchev–Trinajstić information content (AvgIpc) is 3.35. The summed E-state index contributed by atoms with van der Waals surface area (Å²) in [5, 5.41) is 3.11. The Morgan fingerprint density at radius 3 is 2.36 bits per heavy atom. The summed E-state index contributed by atoms with van der Waals surface area (Å²) in [6, 6.07) is 13.7. The monoisotopic (exact) mass is 515 g/mol. The molecular formula is C27H37N3O5S. The zero-order valence-electron chi connectivity index (χ0n) is 21.6. The number of carbonyl (C=O) groups is 2. The number of sulfonamides is 1. The van der Waals surface area contributed by atoms with Crippen LogP contribution in [0.3, 0.4) is 0 Å². The standard InChI is InChI=1S/C27H37N3O5S/c1-5-25(27(32)28-22-9-6-7-10-22)29(18-21-15-13-20(2)14-16-21)26(31)19-30(36(4,33)34)23-11-8-12-24(17-23)35-3/h8,11-17,22,25H,5-7,9-10,18-19H2,1-4H3,(H,28,32)/t25-/m1/s1. The Balaban J connectivity index is 1.92. The minimum atomic E-state index is -3.79. The average molecular weight is 516 g/mol. The molecule has 1 atom stereocenters. The van der Waals surface area contributed by atoms with E-state index in [2.05, 4.69) is 5.32 Å². The predicted octanol–water partition coefficient (Wildman–Crippen LogP) is 3.64. The van der Waals surface area contributed by atoms with Gasteiger partial charge < -0.3 is 15.0 Å². The molecule has 0 heterocycles. The molecule has 0 spiro atoms. The lowest BCUT2D eigenvalue weighted by Gasteiger charge is -2.33. The van der Waals surface area contributed by atoms with E-state index in [0.717, 1.165) is 47.4 Å². The summed E-state index contributed by atoms with van der Waals surface area (Å²) in [7, 11) is -2.30. The second-order valence-corrected chi connectivity index (χ2v) is 11.3. The van der Waals surface area contributed by atoms with E-state index in [1.165, 1.54) is 12.0 Å². The molecule has 0 saturated heterocycles. The number of nitrogens with zero attached hydrogens (tertiary/aromatic N) is 2. The van der Waals surface area contributed by atoms with Gasteiger partial charge in [0.25, 0.3) is 0 Å². The van der Waals surface area contributed by atoms with Gasteiger partial charge in [0.05, 0.1) is 19.1 Å². The van der Waals surface area contributed by atoms with Crippen molar-refractivity contribution in [1.82, 2.24) is 10.2 Å². The summed E-state index contributed by atoms with van der Waals surface area (Å²) < 4.78 is 31.7. The van der Waals surface area contributed by atoms with E-state index >= 15 is 0 Å². The Kier molecular flexibility index (Phi) is 9.37. The third kappa shape index (κ3) is 7.22. The van der Waals surface area contributed by atoms with Gasteiger partial charge in [0.1, 0.15) is 18.3 Å². The number of amides is 2. The van der Waals surface area contributed by atoms with Crippen molar-refractivity contribution in [2.24, 2.45) is 0 Å². The van der Waals surface area contributed by atoms with E-state index in [4.69, 9.17) is 4.74 Å². The van der Waals surface area contributed by atoms with Crippen LogP contribution in [0.5, 0.6) is 5.75 Å². The lowest BCUT2D eigenvalue weighted by molar-refractivity contribution is -0.140. The number of nitrogens with one attached hydrogen (secondary N) is 1. The molecule has 8 nitrogen and oxygen atoms in total. The molecule has 0 bridgehead atoms. The summed E-state index contributed by atoms with van der Waals surface area (Å²) >= 11 is 0. The molecule has 1 fully saturated rings. The molecule has 3 rings (SSSR count). The Labute approximate surface area is 214 Å². The lowest BCUT2D eigenvalue weighted by Crippen LogP contribution is -2.53. The largest absolute Gasteiger partial charge is 0.497 e. The fourth-order valence-corrected chi connectivity index (χ4v) is 5.40. The Bertz CT molecular complexity index is 1140. The third-order valence-electron chi connectivity index (χ3n) is 6.58. The third-order valence-corrected chi connectivity index (χ3v) is 7.72. The van der Waals surface area contributed by atoms with Crippen LogP contribution in [0.2, 0.25) is 0 Å². The van der Waals surface area contributed by atoms with Crippen molar-refractivity contribution in [2.75, 3.05) is 24.2 Å². The van der Waals surface area contributed by atoms with Crippen LogP contribution in [-0.2, 0) is 26.2 Å². The Hall–Kier alpha value is -3.07. The first kappa shape index (κ1) is 27.5. The van der Waals surface area contributed by atoms with E-state index < -0.39 is 28.5 Å². The first-order valence-electron chi connectivity index (χ1n) is 12.4. The van der Waals surface area contributed by atoms with Crippen LogP contribution in [-0.4, -0.2) is 57.1 Å². The maximum absolute atomic E-state index is 13.7. The minimum Gasteiger partial charge on any atom is -0.497 e. The number of methoxy groups -OCH3 is 1. The molecule has 36 heavy (non-hydrogen) atoms. The summed E-state index contributed by atoms with van der Waals surface area (Å²) in [5.41, 5.74) is 2.28. The van der Waals surface area contributed by atoms with Gasteiger partial charge in [-0.3, -0.25) is 13.9 Å². The molecule has 1 aliphatic rings. The van der Waals surface area contributed by atoms with Crippen LogP contribution in [0.25, 0.3) is 0 Å². The van der Waals surface area contributed by atoms with Crippen LogP contribution in [0.4, 0.5) is 5.69 Å². The van der Waals surface area contributed by atoms with E-state index in [9.17, 15) is 18.0 Å². The molecule has 2 amide bonds. The van der Waals surface area contributed by atoms with Crippen LogP contribution in [0, 0.1) is 6.92 Å². The maximum atomic E-state index is 13.7. The predicted molar refractivity (Wildman–Crippen MR) is 141 cm³/mol. The number of benzene rings is 2. The van der Waals surface area contributed by atoms with Crippen LogP contribution in [0.15, 0.2) is 48.5 Å². The highest BCUT2D eigenvalue weighted by molar-refractivity contribution is 7.92. The van der Waals surface area contributed by atoms with Crippen molar-refractivity contribution in [3.63, 3.8) is 0 Å². The molecular weight excluding hydrogens is 478 g/mol. The van der Waals surface area contributed by atoms with Crippen molar-refractivity contribution >= 4 is 27.5 Å². The van der Waals surface area contributed by atoms with Crippen molar-refractivity contribution in [3.05, 3.63) is 59.7 Å². The van der Waals surface area contributed by atoms with Gasteiger partial charge in [-0.2, -0.15) is 0 Å². The molecule has 0 unspecified atom stereocenters. The molecule has 0 aromatic heterocycles. The SMILES string of the molecule is CC[C@H](C(=O)NC1CCCC1)N(Cc1ccc(C)cc1)C(=O)CN(c1cccc(OC)c1)S(C)(=O)=O. The zero-order valence-corrected chi connectivity index (χ0v) is 22.4. The first-order chi connectivity index (χ1) is 17.1.